The lowest BCUT2D eigenvalue weighted by Crippen LogP contribution is -2.39. The van der Waals surface area contributed by atoms with E-state index in [9.17, 15) is 23.4 Å². The van der Waals surface area contributed by atoms with Crippen molar-refractivity contribution >= 4 is 27.3 Å². The van der Waals surface area contributed by atoms with Gasteiger partial charge in [0.25, 0.3) is 0 Å². The van der Waals surface area contributed by atoms with Crippen molar-refractivity contribution in [2.75, 3.05) is 6.61 Å². The van der Waals surface area contributed by atoms with E-state index in [1.54, 1.807) is 29.8 Å². The zero-order chi connectivity index (χ0) is 29.8. The van der Waals surface area contributed by atoms with Gasteiger partial charge in [-0.3, -0.25) is 4.79 Å². The second-order valence-corrected chi connectivity index (χ2v) is 12.5. The first-order chi connectivity index (χ1) is 20.0. The Morgan fingerprint density at radius 1 is 1.10 bits per heavy atom. The molecule has 3 aliphatic heterocycles. The van der Waals surface area contributed by atoms with Gasteiger partial charge >= 0.3 is 16.3 Å². The molecular weight excluding hydrogens is 560 g/mol. The van der Waals surface area contributed by atoms with E-state index in [2.05, 4.69) is 10.3 Å². The van der Waals surface area contributed by atoms with Gasteiger partial charge in [-0.05, 0) is 79.3 Å². The van der Waals surface area contributed by atoms with Crippen LogP contribution in [0.1, 0.15) is 65.1 Å². The Morgan fingerprint density at radius 2 is 1.90 bits per heavy atom. The van der Waals surface area contributed by atoms with Gasteiger partial charge in [-0.1, -0.05) is 29.5 Å². The Balaban J connectivity index is 1.51. The number of hydrogen-bond donors (Lipinski definition) is 2. The minimum absolute atomic E-state index is 0.0384. The molecule has 42 heavy (non-hydrogen) atoms. The number of aromatic nitrogens is 3. The van der Waals surface area contributed by atoms with Crippen LogP contribution in [-0.2, 0) is 28.2 Å². The number of carboxylic acid groups (broad SMARTS) is 1. The number of rotatable bonds is 2. The molecule has 0 spiro atoms. The van der Waals surface area contributed by atoms with E-state index in [1.165, 1.54) is 4.31 Å². The average Bonchev–Trinajstić information content (AvgIpc) is 3.37. The van der Waals surface area contributed by atoms with E-state index in [4.69, 9.17) is 8.92 Å². The molecule has 0 saturated heterocycles. The zero-order valence-electron chi connectivity index (χ0n) is 23.5. The molecule has 0 amide bonds. The van der Waals surface area contributed by atoms with E-state index in [-0.39, 0.29) is 25.3 Å². The fourth-order valence-electron chi connectivity index (χ4n) is 5.92. The largest absolute Gasteiger partial charge is 0.491 e. The molecule has 1 unspecified atom stereocenters. The molecule has 0 fully saturated rings. The highest BCUT2D eigenvalue weighted by Crippen LogP contribution is 2.40. The van der Waals surface area contributed by atoms with Gasteiger partial charge in [-0.25, -0.2) is 4.68 Å². The molecule has 3 aromatic carbocycles. The summed E-state index contributed by atoms with van der Waals surface area (Å²) in [6.45, 7) is 6.10. The van der Waals surface area contributed by atoms with Gasteiger partial charge in [0, 0.05) is 24.6 Å². The minimum Gasteiger partial charge on any atom is -0.491 e. The average molecular weight is 593 g/mol. The summed E-state index contributed by atoms with van der Waals surface area (Å²) in [5.41, 5.74) is 6.06. The number of aliphatic hydroxyl groups is 1. The maximum Gasteiger partial charge on any atom is 0.386 e. The summed E-state index contributed by atoms with van der Waals surface area (Å²) in [7, 11) is -4.13. The van der Waals surface area contributed by atoms with E-state index >= 15 is 0 Å². The van der Waals surface area contributed by atoms with Crippen molar-refractivity contribution in [3.8, 4) is 11.5 Å². The molecule has 0 aliphatic carbocycles. The van der Waals surface area contributed by atoms with Gasteiger partial charge in [0.15, 0.2) is 0 Å². The second-order valence-electron chi connectivity index (χ2n) is 11.0. The molecule has 4 aromatic rings. The Bertz CT molecular complexity index is 1800. The van der Waals surface area contributed by atoms with E-state index < -0.39 is 34.3 Å². The zero-order valence-corrected chi connectivity index (χ0v) is 24.3. The maximum absolute atomic E-state index is 13.3. The summed E-state index contributed by atoms with van der Waals surface area (Å²) in [6, 6.07) is 13.8. The van der Waals surface area contributed by atoms with Crippen molar-refractivity contribution in [3.05, 3.63) is 81.9 Å². The van der Waals surface area contributed by atoms with Crippen LogP contribution in [0.2, 0.25) is 0 Å². The molecule has 2 N–H and O–H groups in total. The van der Waals surface area contributed by atoms with Crippen LogP contribution in [0.5, 0.6) is 11.5 Å². The fourth-order valence-corrected chi connectivity index (χ4v) is 7.21. The molecule has 3 aliphatic rings. The van der Waals surface area contributed by atoms with Gasteiger partial charge in [0.1, 0.15) is 23.6 Å². The number of fused-ring (bicyclic) bond motifs is 5. The molecule has 0 saturated carbocycles. The molecule has 4 heterocycles. The Morgan fingerprint density at radius 3 is 2.69 bits per heavy atom. The van der Waals surface area contributed by atoms with Crippen molar-refractivity contribution in [2.45, 2.75) is 64.8 Å². The highest BCUT2D eigenvalue weighted by atomic mass is 32.2. The van der Waals surface area contributed by atoms with Crippen molar-refractivity contribution in [1.29, 1.82) is 0 Å². The predicted octanol–water partition coefficient (Wildman–Crippen LogP) is 4.00. The van der Waals surface area contributed by atoms with Crippen molar-refractivity contribution in [3.63, 3.8) is 0 Å². The monoisotopic (exact) mass is 592 g/mol. The number of carbonyl (C=O) groups is 1. The SMILES string of the molecule is Cc1ccc2cc1[C@@H](C)N1Cc3cc(ccc3OS1(=O)=O)OC[C@@H](O)CCn1nnc3c(C)c(ccc31)[C@H]2CC(=O)O. The first-order valence-electron chi connectivity index (χ1n) is 13.8. The second kappa shape index (κ2) is 10.7. The van der Waals surface area contributed by atoms with Gasteiger partial charge in [0.05, 0.1) is 24.1 Å². The number of nitrogens with zero attached hydrogens (tertiary/aromatic N) is 4. The number of carboxylic acids is 1. The third kappa shape index (κ3) is 5.10. The van der Waals surface area contributed by atoms with Crippen LogP contribution in [0.4, 0.5) is 0 Å². The molecule has 9 bridgehead atoms. The smallest absolute Gasteiger partial charge is 0.386 e. The van der Waals surface area contributed by atoms with Crippen molar-refractivity contribution in [1.82, 2.24) is 19.3 Å². The number of aliphatic hydroxyl groups excluding tert-OH is 1. The lowest BCUT2D eigenvalue weighted by atomic mass is 9.83. The number of hydrogen-bond acceptors (Lipinski definition) is 8. The normalized spacial score (nSPS) is 23.4. The van der Waals surface area contributed by atoms with Crippen LogP contribution < -0.4 is 8.92 Å². The topological polar surface area (TPSA) is 144 Å². The molecule has 220 valence electrons. The number of ether oxygens (including phenoxy) is 1. The predicted molar refractivity (Wildman–Crippen MR) is 154 cm³/mol. The summed E-state index contributed by atoms with van der Waals surface area (Å²) >= 11 is 0. The van der Waals surface area contributed by atoms with Gasteiger partial charge in [0.2, 0.25) is 0 Å². The summed E-state index contributed by atoms with van der Waals surface area (Å²) in [4.78, 5) is 12.1. The number of aryl methyl sites for hydroxylation is 3. The van der Waals surface area contributed by atoms with Gasteiger partial charge in [-0.2, -0.15) is 12.7 Å². The summed E-state index contributed by atoms with van der Waals surface area (Å²) < 4.78 is 40.9. The maximum atomic E-state index is 13.3. The van der Waals surface area contributed by atoms with Gasteiger partial charge < -0.3 is 19.1 Å². The molecule has 11 nitrogen and oxygen atoms in total. The van der Waals surface area contributed by atoms with Gasteiger partial charge in [-0.15, -0.1) is 5.10 Å². The fraction of sp³-hybridized carbons (Fsp3) is 0.367. The molecule has 4 atom stereocenters. The standard InChI is InChI=1S/C30H32N4O7S/c1-17-4-5-20-13-25(17)19(3)34-15-21-12-23(6-9-28(21)41-42(34,38)39)40-16-22(35)10-11-33-27-8-7-24(26(20)14-29(36)37)18(2)30(27)31-32-33/h4-9,12-13,19,22,26,35H,10-11,14-16H2,1-3H3,(H,36,37)/t19-,22+,26+/m1/s1. The van der Waals surface area contributed by atoms with E-state index in [0.29, 0.717) is 29.8 Å². The number of aliphatic carboxylic acids is 1. The van der Waals surface area contributed by atoms with Crippen LogP contribution in [-0.4, -0.2) is 56.6 Å². The Kier molecular flexibility index (Phi) is 7.16. The van der Waals surface area contributed by atoms with E-state index in [1.807, 2.05) is 44.2 Å². The summed E-state index contributed by atoms with van der Waals surface area (Å²) in [5.74, 6) is -0.745. The Labute approximate surface area is 243 Å². The van der Waals surface area contributed by atoms with Crippen LogP contribution in [0, 0.1) is 13.8 Å². The first-order valence-corrected chi connectivity index (χ1v) is 15.2. The van der Waals surface area contributed by atoms with Crippen LogP contribution in [0.3, 0.4) is 0 Å². The molecule has 7 rings (SSSR count). The molecule has 1 aromatic heterocycles. The highest BCUT2D eigenvalue weighted by Gasteiger charge is 2.37. The molecule has 0 radical (unpaired) electrons. The summed E-state index contributed by atoms with van der Waals surface area (Å²) in [6.07, 6.45) is -0.581. The lowest BCUT2D eigenvalue weighted by molar-refractivity contribution is -0.137. The van der Waals surface area contributed by atoms with Crippen LogP contribution >= 0.6 is 0 Å². The lowest BCUT2D eigenvalue weighted by Gasteiger charge is -2.33. The van der Waals surface area contributed by atoms with Crippen LogP contribution in [0.25, 0.3) is 11.0 Å². The third-order valence-electron chi connectivity index (χ3n) is 8.28. The van der Waals surface area contributed by atoms with Crippen molar-refractivity contribution < 1.29 is 32.3 Å². The van der Waals surface area contributed by atoms with Crippen LogP contribution in [0.15, 0.2) is 48.5 Å². The first kappa shape index (κ1) is 28.1. The van der Waals surface area contributed by atoms with Crippen molar-refractivity contribution in [2.24, 2.45) is 0 Å². The number of benzene rings is 3. The third-order valence-corrected chi connectivity index (χ3v) is 9.69. The molecular formula is C30H32N4O7S. The quantitative estimate of drug-likeness (QED) is 0.353. The van der Waals surface area contributed by atoms with E-state index in [0.717, 1.165) is 33.3 Å². The Hall–Kier alpha value is -4.00. The minimum atomic E-state index is -4.13. The highest BCUT2D eigenvalue weighted by molar-refractivity contribution is 7.84. The summed E-state index contributed by atoms with van der Waals surface area (Å²) in [5, 5.41) is 29.2. The molecule has 12 heteroatoms.